The van der Waals surface area contributed by atoms with E-state index in [9.17, 15) is 19.8 Å². The highest BCUT2D eigenvalue weighted by atomic mass is 16.5. The van der Waals surface area contributed by atoms with Crippen molar-refractivity contribution in [2.45, 2.75) is 86.0 Å². The van der Waals surface area contributed by atoms with E-state index < -0.39 is 30.0 Å². The summed E-state index contributed by atoms with van der Waals surface area (Å²) in [5.74, 6) is -1.75. The van der Waals surface area contributed by atoms with Gasteiger partial charge in [0.1, 0.15) is 11.9 Å². The quantitative estimate of drug-likeness (QED) is 0.693. The summed E-state index contributed by atoms with van der Waals surface area (Å²) in [5, 5.41) is 21.2. The fourth-order valence-electron chi connectivity index (χ4n) is 4.30. The minimum absolute atomic E-state index is 0.0721. The molecule has 1 rings (SSSR count). The lowest BCUT2D eigenvalue weighted by molar-refractivity contribution is -0.163. The van der Waals surface area contributed by atoms with Crippen LogP contribution in [0.15, 0.2) is 0 Å². The van der Waals surface area contributed by atoms with Crippen molar-refractivity contribution in [3.63, 3.8) is 0 Å². The number of rotatable bonds is 1. The number of hydrogen-bond donors (Lipinski definition) is 2. The van der Waals surface area contributed by atoms with Crippen LogP contribution in [0.4, 0.5) is 0 Å². The second-order valence-electron chi connectivity index (χ2n) is 8.64. The molecule has 1 saturated heterocycles. The van der Waals surface area contributed by atoms with E-state index in [1.54, 1.807) is 13.8 Å². The van der Waals surface area contributed by atoms with Gasteiger partial charge in [-0.25, -0.2) is 0 Å². The summed E-state index contributed by atoms with van der Waals surface area (Å²) in [6, 6.07) is 0. The molecule has 0 aliphatic carbocycles. The number of cyclic esters (lactones) is 1. The topological polar surface area (TPSA) is 83.8 Å². The third-order valence-corrected chi connectivity index (χ3v) is 6.27. The van der Waals surface area contributed by atoms with Gasteiger partial charge in [-0.15, -0.1) is 0 Å². The molecule has 1 fully saturated rings. The van der Waals surface area contributed by atoms with Crippen LogP contribution in [-0.4, -0.2) is 40.3 Å². The number of ether oxygens (including phenoxy) is 1. The Kier molecular flexibility index (Phi) is 8.74. The third-order valence-electron chi connectivity index (χ3n) is 6.27. The molecule has 0 aromatic rings. The molecule has 0 radical (unpaired) electrons. The number of aliphatic hydroxyl groups excluding tert-OH is 2. The monoisotopic (exact) mass is 370 g/mol. The summed E-state index contributed by atoms with van der Waals surface area (Å²) in [6.45, 7) is 13.1. The zero-order valence-electron chi connectivity index (χ0n) is 17.4. The number of carbonyl (C=O) groups excluding carboxylic acids is 2. The summed E-state index contributed by atoms with van der Waals surface area (Å²) in [6.07, 6.45) is -0.132. The van der Waals surface area contributed by atoms with Gasteiger partial charge in [0.25, 0.3) is 0 Å². The van der Waals surface area contributed by atoms with Crippen molar-refractivity contribution in [1.82, 2.24) is 0 Å². The smallest absolute Gasteiger partial charge is 0.311 e. The number of hydrogen-bond acceptors (Lipinski definition) is 5. The largest absolute Gasteiger partial charge is 0.462 e. The van der Waals surface area contributed by atoms with Crippen molar-refractivity contribution in [2.75, 3.05) is 0 Å². The number of carbonyl (C=O) groups is 2. The van der Waals surface area contributed by atoms with Crippen molar-refractivity contribution >= 4 is 11.8 Å². The first kappa shape index (κ1) is 23.1. The van der Waals surface area contributed by atoms with E-state index in [0.717, 1.165) is 0 Å². The molecule has 0 bridgehead atoms. The van der Waals surface area contributed by atoms with Crippen LogP contribution in [0, 0.1) is 35.5 Å². The van der Waals surface area contributed by atoms with Crippen LogP contribution in [0.3, 0.4) is 0 Å². The van der Waals surface area contributed by atoms with Crippen LogP contribution in [0.25, 0.3) is 0 Å². The van der Waals surface area contributed by atoms with E-state index in [2.05, 4.69) is 0 Å². The Labute approximate surface area is 158 Å². The summed E-state index contributed by atoms with van der Waals surface area (Å²) >= 11 is 0. The van der Waals surface area contributed by atoms with Crippen LogP contribution >= 0.6 is 0 Å². The number of Topliss-reactive ketones (excluding diaryl/α,β-unsaturated/α-hetero) is 1. The maximum atomic E-state index is 12.7. The van der Waals surface area contributed by atoms with Crippen LogP contribution in [-0.2, 0) is 14.3 Å². The predicted octanol–water partition coefficient (Wildman–Crippen LogP) is 3.21. The molecule has 5 nitrogen and oxygen atoms in total. The summed E-state index contributed by atoms with van der Waals surface area (Å²) < 4.78 is 5.67. The van der Waals surface area contributed by atoms with E-state index >= 15 is 0 Å². The van der Waals surface area contributed by atoms with Crippen LogP contribution in [0.2, 0.25) is 0 Å². The molecule has 0 saturated carbocycles. The average Bonchev–Trinajstić information content (AvgIpc) is 2.61. The molecule has 0 amide bonds. The van der Waals surface area contributed by atoms with Crippen molar-refractivity contribution < 1.29 is 24.5 Å². The molecular formula is C21H38O5. The molecule has 9 atom stereocenters. The summed E-state index contributed by atoms with van der Waals surface area (Å²) in [7, 11) is 0. The maximum Gasteiger partial charge on any atom is 0.311 e. The van der Waals surface area contributed by atoms with Crippen molar-refractivity contribution in [3.05, 3.63) is 0 Å². The number of esters is 1. The maximum absolute atomic E-state index is 12.7. The first-order valence-corrected chi connectivity index (χ1v) is 10.1. The highest BCUT2D eigenvalue weighted by Gasteiger charge is 2.37. The van der Waals surface area contributed by atoms with Gasteiger partial charge in [-0.05, 0) is 38.0 Å². The van der Waals surface area contributed by atoms with E-state index in [-0.39, 0.29) is 35.6 Å². The molecule has 1 heterocycles. The molecular weight excluding hydrogens is 332 g/mol. The average molecular weight is 371 g/mol. The molecule has 152 valence electrons. The Hall–Kier alpha value is -0.940. The molecule has 0 aromatic carbocycles. The molecule has 0 aromatic heterocycles. The number of ketones is 1. The lowest BCUT2D eigenvalue weighted by Gasteiger charge is -2.34. The highest BCUT2D eigenvalue weighted by Crippen LogP contribution is 2.30. The van der Waals surface area contributed by atoms with Crippen molar-refractivity contribution in [1.29, 1.82) is 0 Å². The molecule has 0 spiro atoms. The van der Waals surface area contributed by atoms with Gasteiger partial charge >= 0.3 is 5.97 Å². The molecule has 2 N–H and O–H groups in total. The minimum atomic E-state index is -0.986. The van der Waals surface area contributed by atoms with Gasteiger partial charge in [0.2, 0.25) is 0 Å². The van der Waals surface area contributed by atoms with Gasteiger partial charge in [-0.2, -0.15) is 0 Å². The fraction of sp³-hybridized carbons (Fsp3) is 0.905. The SMILES string of the molecule is CCC1OC(=O)[C@H](C)[C@@H](O)[C@H](C)[C@@H](O)C(C)C[C@@H](C)C(=O)[C@H](C)C[C@H]1C. The third kappa shape index (κ3) is 5.53. The summed E-state index contributed by atoms with van der Waals surface area (Å²) in [5.41, 5.74) is 0. The zero-order chi connectivity index (χ0) is 20.2. The highest BCUT2D eigenvalue weighted by molar-refractivity contribution is 5.82. The van der Waals surface area contributed by atoms with E-state index in [1.807, 2.05) is 34.6 Å². The molecule has 1 aliphatic rings. The second kappa shape index (κ2) is 9.84. The van der Waals surface area contributed by atoms with Gasteiger partial charge in [0.05, 0.1) is 18.1 Å². The normalized spacial score (nSPS) is 44.3. The minimum Gasteiger partial charge on any atom is -0.462 e. The van der Waals surface area contributed by atoms with E-state index in [0.29, 0.717) is 19.3 Å². The number of aliphatic hydroxyl groups is 2. The molecule has 1 aliphatic heterocycles. The second-order valence-corrected chi connectivity index (χ2v) is 8.64. The molecule has 5 heteroatoms. The van der Waals surface area contributed by atoms with Crippen LogP contribution in [0.5, 0.6) is 0 Å². The van der Waals surface area contributed by atoms with Gasteiger partial charge in [-0.3, -0.25) is 9.59 Å². The Morgan fingerprint density at radius 3 is 1.88 bits per heavy atom. The van der Waals surface area contributed by atoms with Crippen molar-refractivity contribution in [3.8, 4) is 0 Å². The molecule has 26 heavy (non-hydrogen) atoms. The Morgan fingerprint density at radius 2 is 1.38 bits per heavy atom. The lowest BCUT2D eigenvalue weighted by atomic mass is 9.78. The summed E-state index contributed by atoms with van der Waals surface area (Å²) in [4.78, 5) is 25.2. The van der Waals surface area contributed by atoms with Gasteiger partial charge < -0.3 is 14.9 Å². The van der Waals surface area contributed by atoms with Crippen molar-refractivity contribution in [2.24, 2.45) is 35.5 Å². The Morgan fingerprint density at radius 1 is 0.885 bits per heavy atom. The van der Waals surface area contributed by atoms with E-state index in [4.69, 9.17) is 4.74 Å². The first-order chi connectivity index (χ1) is 12.0. The van der Waals surface area contributed by atoms with Crippen LogP contribution < -0.4 is 0 Å². The Bertz CT molecular complexity index is 477. The van der Waals surface area contributed by atoms with Gasteiger partial charge in [0, 0.05) is 17.8 Å². The first-order valence-electron chi connectivity index (χ1n) is 10.1. The van der Waals surface area contributed by atoms with E-state index in [1.165, 1.54) is 0 Å². The predicted molar refractivity (Wildman–Crippen MR) is 101 cm³/mol. The Balaban J connectivity index is 3.13. The van der Waals surface area contributed by atoms with Gasteiger partial charge in [-0.1, -0.05) is 41.5 Å². The standard InChI is InChI=1S/C21H38O5/c1-8-17-11(2)9-12(3)18(22)13(4)10-14(5)19(23)15(6)20(24)16(7)21(25)26-17/h11-17,19-20,23-24H,8-10H2,1-7H3/t11-,12-,13-,14?,15-,16-,17?,19+,20+/m1/s1. The lowest BCUT2D eigenvalue weighted by Crippen LogP contribution is -2.42. The molecule has 2 unspecified atom stereocenters. The van der Waals surface area contributed by atoms with Gasteiger partial charge in [0.15, 0.2) is 0 Å². The van der Waals surface area contributed by atoms with Crippen LogP contribution in [0.1, 0.15) is 67.7 Å². The fourth-order valence-corrected chi connectivity index (χ4v) is 4.30. The zero-order valence-corrected chi connectivity index (χ0v) is 17.4.